The maximum atomic E-state index is 13.2. The summed E-state index contributed by atoms with van der Waals surface area (Å²) in [4.78, 5) is 18.3. The van der Waals surface area contributed by atoms with Crippen molar-refractivity contribution >= 4 is 5.78 Å². The SMILES string of the molecule is C=C/C=C\C(=C/C)CN1CCCCc2ccc(C(=O)CCCC3CCN(CC(C)/C=C\C=C/C)CC3)cc2C1. The number of piperidine rings is 1. The second kappa shape index (κ2) is 17.3. The van der Waals surface area contributed by atoms with Crippen LogP contribution in [-0.4, -0.2) is 48.3 Å². The Morgan fingerprint density at radius 3 is 2.62 bits per heavy atom. The molecule has 0 amide bonds. The van der Waals surface area contributed by atoms with Crippen LogP contribution in [0.5, 0.6) is 0 Å². The summed E-state index contributed by atoms with van der Waals surface area (Å²) in [6, 6.07) is 6.52. The number of fused-ring (bicyclic) bond motifs is 1. The van der Waals surface area contributed by atoms with Gasteiger partial charge in [0.25, 0.3) is 0 Å². The van der Waals surface area contributed by atoms with Gasteiger partial charge >= 0.3 is 0 Å². The van der Waals surface area contributed by atoms with Gasteiger partial charge in [-0.25, -0.2) is 0 Å². The molecule has 0 bridgehead atoms. The number of rotatable bonds is 13. The number of allylic oxidation sites excluding steroid dienone is 6. The van der Waals surface area contributed by atoms with Crippen molar-refractivity contribution in [1.29, 1.82) is 0 Å². The number of Topliss-reactive ketones (excluding diaryl/α,β-unsaturated/α-hetero) is 1. The van der Waals surface area contributed by atoms with Crippen LogP contribution in [0.3, 0.4) is 0 Å². The molecule has 0 radical (unpaired) electrons. The van der Waals surface area contributed by atoms with E-state index in [-0.39, 0.29) is 0 Å². The lowest BCUT2D eigenvalue weighted by Gasteiger charge is -2.33. The molecule has 0 aromatic heterocycles. The van der Waals surface area contributed by atoms with Gasteiger partial charge in [-0.1, -0.05) is 74.2 Å². The quantitative estimate of drug-likeness (QED) is 0.190. The molecular weight excluding hydrogens is 476 g/mol. The summed E-state index contributed by atoms with van der Waals surface area (Å²) in [6.45, 7) is 16.8. The van der Waals surface area contributed by atoms with E-state index >= 15 is 0 Å². The highest BCUT2D eigenvalue weighted by atomic mass is 16.1. The molecule has 2 heterocycles. The standard InChI is InChI=1S/C36H52N2O/c1-5-8-10-14-30(4)27-37-24-21-32(22-25-37)16-13-18-36(39)34-20-19-33-17-11-12-23-38(29-35(33)26-34)28-31(7-3)15-9-6-2/h5-10,14-15,19-20,26,30,32H,2,11-13,16-18,21-25,27-29H2,1,3-4H3/b8-5-,14-10-,15-9-,31-7+. The molecule has 2 aliphatic heterocycles. The van der Waals surface area contributed by atoms with Crippen LogP contribution in [0.2, 0.25) is 0 Å². The van der Waals surface area contributed by atoms with Crippen molar-refractivity contribution in [2.24, 2.45) is 11.8 Å². The maximum Gasteiger partial charge on any atom is 0.162 e. The molecule has 3 rings (SSSR count). The molecule has 1 fully saturated rings. The minimum Gasteiger partial charge on any atom is -0.303 e. The van der Waals surface area contributed by atoms with Gasteiger partial charge in [0.2, 0.25) is 0 Å². The van der Waals surface area contributed by atoms with Crippen LogP contribution >= 0.6 is 0 Å². The van der Waals surface area contributed by atoms with E-state index in [4.69, 9.17) is 0 Å². The number of ketones is 1. The normalized spacial score (nSPS) is 19.4. The van der Waals surface area contributed by atoms with Crippen LogP contribution in [0.4, 0.5) is 0 Å². The minimum absolute atomic E-state index is 0.314. The molecule has 1 saturated heterocycles. The van der Waals surface area contributed by atoms with E-state index in [1.54, 1.807) is 0 Å². The first-order valence-corrected chi connectivity index (χ1v) is 15.4. The molecule has 0 N–H and O–H groups in total. The van der Waals surface area contributed by atoms with Crippen molar-refractivity contribution in [3.05, 3.63) is 95.6 Å². The average molecular weight is 529 g/mol. The van der Waals surface area contributed by atoms with Crippen LogP contribution < -0.4 is 0 Å². The van der Waals surface area contributed by atoms with Gasteiger partial charge < -0.3 is 4.90 Å². The van der Waals surface area contributed by atoms with Gasteiger partial charge in [0.05, 0.1) is 0 Å². The summed E-state index contributed by atoms with van der Waals surface area (Å²) >= 11 is 0. The second-order valence-electron chi connectivity index (χ2n) is 11.6. The van der Waals surface area contributed by atoms with E-state index in [0.29, 0.717) is 18.1 Å². The topological polar surface area (TPSA) is 23.6 Å². The Kier molecular flexibility index (Phi) is 13.7. The molecule has 1 aromatic carbocycles. The predicted molar refractivity (Wildman–Crippen MR) is 168 cm³/mol. The van der Waals surface area contributed by atoms with Gasteiger partial charge in [0, 0.05) is 31.6 Å². The van der Waals surface area contributed by atoms with Crippen LogP contribution in [0, 0.1) is 11.8 Å². The number of likely N-dealkylation sites (tertiary alicyclic amines) is 1. The number of carbonyl (C=O) groups excluding carboxylic acids is 1. The van der Waals surface area contributed by atoms with Crippen molar-refractivity contribution in [3.63, 3.8) is 0 Å². The highest BCUT2D eigenvalue weighted by Gasteiger charge is 2.21. The molecule has 1 unspecified atom stereocenters. The molecule has 1 atom stereocenters. The third kappa shape index (κ3) is 10.9. The van der Waals surface area contributed by atoms with Gasteiger partial charge in [0.15, 0.2) is 5.78 Å². The third-order valence-electron chi connectivity index (χ3n) is 8.33. The summed E-state index contributed by atoms with van der Waals surface area (Å²) in [5, 5.41) is 0. The fourth-order valence-corrected chi connectivity index (χ4v) is 5.97. The van der Waals surface area contributed by atoms with Crippen LogP contribution in [0.25, 0.3) is 0 Å². The van der Waals surface area contributed by atoms with Crippen molar-refractivity contribution in [2.75, 3.05) is 32.7 Å². The van der Waals surface area contributed by atoms with E-state index in [2.05, 4.69) is 91.8 Å². The Bertz CT molecular complexity index is 1020. The molecule has 39 heavy (non-hydrogen) atoms. The minimum atomic E-state index is 0.314. The van der Waals surface area contributed by atoms with Crippen LogP contribution in [-0.2, 0) is 13.0 Å². The fourth-order valence-electron chi connectivity index (χ4n) is 5.97. The van der Waals surface area contributed by atoms with Crippen LogP contribution in [0.15, 0.2) is 79.0 Å². The lowest BCUT2D eigenvalue weighted by Crippen LogP contribution is -2.36. The average Bonchev–Trinajstić information content (AvgIpc) is 2.93. The predicted octanol–water partition coefficient (Wildman–Crippen LogP) is 8.35. The number of hydrogen-bond donors (Lipinski definition) is 0. The zero-order valence-corrected chi connectivity index (χ0v) is 24.9. The lowest BCUT2D eigenvalue weighted by atomic mass is 9.89. The summed E-state index contributed by atoms with van der Waals surface area (Å²) in [5.74, 6) is 1.67. The van der Waals surface area contributed by atoms with Crippen molar-refractivity contribution in [3.8, 4) is 0 Å². The van der Waals surface area contributed by atoms with Gasteiger partial charge in [-0.3, -0.25) is 9.69 Å². The lowest BCUT2D eigenvalue weighted by molar-refractivity contribution is 0.0973. The van der Waals surface area contributed by atoms with Crippen molar-refractivity contribution < 1.29 is 4.79 Å². The fraction of sp³-hybridized carbons (Fsp3) is 0.528. The zero-order chi connectivity index (χ0) is 27.9. The zero-order valence-electron chi connectivity index (χ0n) is 24.9. The smallest absolute Gasteiger partial charge is 0.162 e. The summed E-state index contributed by atoms with van der Waals surface area (Å²) in [7, 11) is 0. The molecule has 212 valence electrons. The number of carbonyl (C=O) groups is 1. The largest absolute Gasteiger partial charge is 0.303 e. The first-order valence-electron chi connectivity index (χ1n) is 15.4. The molecule has 0 saturated carbocycles. The van der Waals surface area contributed by atoms with E-state index in [0.717, 1.165) is 50.5 Å². The van der Waals surface area contributed by atoms with E-state index < -0.39 is 0 Å². The summed E-state index contributed by atoms with van der Waals surface area (Å²) in [6.07, 6.45) is 25.8. The number of benzene rings is 1. The molecule has 3 nitrogen and oxygen atoms in total. The first kappa shape index (κ1) is 31.0. The van der Waals surface area contributed by atoms with E-state index in [1.165, 1.54) is 61.9 Å². The van der Waals surface area contributed by atoms with E-state index in [9.17, 15) is 4.79 Å². The number of hydrogen-bond acceptors (Lipinski definition) is 3. The van der Waals surface area contributed by atoms with Crippen molar-refractivity contribution in [2.45, 2.75) is 78.7 Å². The van der Waals surface area contributed by atoms with Crippen LogP contribution in [0.1, 0.15) is 87.2 Å². The van der Waals surface area contributed by atoms with Crippen molar-refractivity contribution in [1.82, 2.24) is 9.80 Å². The molecule has 1 aromatic rings. The second-order valence-corrected chi connectivity index (χ2v) is 11.6. The molecule has 0 spiro atoms. The number of nitrogens with zero attached hydrogens (tertiary/aromatic N) is 2. The monoisotopic (exact) mass is 528 g/mol. The Hall–Kier alpha value is -2.49. The third-order valence-corrected chi connectivity index (χ3v) is 8.33. The molecule has 2 aliphatic rings. The molecule has 0 aliphatic carbocycles. The van der Waals surface area contributed by atoms with Gasteiger partial charge in [-0.15, -0.1) is 0 Å². The molecular formula is C36H52N2O. The highest BCUT2D eigenvalue weighted by Crippen LogP contribution is 2.25. The number of aryl methyl sites for hydroxylation is 1. The van der Waals surface area contributed by atoms with E-state index in [1.807, 2.05) is 12.2 Å². The first-order chi connectivity index (χ1) is 19.0. The summed E-state index contributed by atoms with van der Waals surface area (Å²) in [5.41, 5.74) is 4.97. The Balaban J connectivity index is 1.47. The molecule has 3 heteroatoms. The van der Waals surface area contributed by atoms with Gasteiger partial charge in [0.1, 0.15) is 0 Å². The van der Waals surface area contributed by atoms with Gasteiger partial charge in [-0.2, -0.15) is 0 Å². The Morgan fingerprint density at radius 1 is 1.05 bits per heavy atom. The maximum absolute atomic E-state index is 13.2. The summed E-state index contributed by atoms with van der Waals surface area (Å²) < 4.78 is 0. The Morgan fingerprint density at radius 2 is 1.87 bits per heavy atom. The Labute approximate surface area is 239 Å². The van der Waals surface area contributed by atoms with Gasteiger partial charge in [-0.05, 0) is 113 Å². The highest BCUT2D eigenvalue weighted by molar-refractivity contribution is 5.96.